The molecule has 2 radical (unpaired) electrons. The van der Waals surface area contributed by atoms with Crippen LogP contribution < -0.4 is 0 Å². The van der Waals surface area contributed by atoms with Crippen LogP contribution in [-0.4, -0.2) is 0 Å². The van der Waals surface area contributed by atoms with Gasteiger partial charge in [-0.3, -0.25) is 0 Å². The van der Waals surface area contributed by atoms with Crippen LogP contribution in [0.2, 0.25) is 0 Å². The van der Waals surface area contributed by atoms with Gasteiger partial charge in [-0.2, -0.15) is 0 Å². The lowest BCUT2D eigenvalue weighted by Crippen LogP contribution is -1.56. The Labute approximate surface area is 39.2 Å². The number of hydrogen-bond acceptors (Lipinski definition) is 0. The number of allylic oxidation sites excluding steroid dienone is 3. The van der Waals surface area contributed by atoms with Gasteiger partial charge >= 0.3 is 0 Å². The fraction of sp³-hybridized carbons (Fsp3) is 0.167. The lowest BCUT2D eigenvalue weighted by atomic mass is 10.3. The van der Waals surface area contributed by atoms with Gasteiger partial charge in [0.25, 0.3) is 0 Å². The van der Waals surface area contributed by atoms with Crippen LogP contribution in [-0.2, 0) is 0 Å². The zero-order valence-electron chi connectivity index (χ0n) is 3.99. The third-order valence-electron chi connectivity index (χ3n) is 0.348. The van der Waals surface area contributed by atoms with Gasteiger partial charge in [-0.25, -0.2) is 0 Å². The van der Waals surface area contributed by atoms with Gasteiger partial charge in [0.2, 0.25) is 0 Å². The molecular weight excluding hydrogens is 72.1 g/mol. The van der Waals surface area contributed by atoms with Gasteiger partial charge in [-0.05, 0) is 19.9 Å². The summed E-state index contributed by atoms with van der Waals surface area (Å²) >= 11 is 0. The van der Waals surface area contributed by atoms with E-state index in [1.54, 1.807) is 6.08 Å². The van der Waals surface area contributed by atoms with E-state index in [1.807, 2.05) is 6.92 Å². The van der Waals surface area contributed by atoms with Gasteiger partial charge in [0.15, 0.2) is 0 Å². The van der Waals surface area contributed by atoms with Crippen molar-refractivity contribution in [2.24, 2.45) is 0 Å². The molecule has 0 heteroatoms. The van der Waals surface area contributed by atoms with E-state index in [0.717, 1.165) is 5.57 Å². The van der Waals surface area contributed by atoms with E-state index < -0.39 is 0 Å². The molecule has 0 aliphatic carbocycles. The molecule has 0 aliphatic rings. The van der Waals surface area contributed by atoms with Crippen LogP contribution in [0.25, 0.3) is 0 Å². The van der Waals surface area contributed by atoms with Crippen molar-refractivity contribution in [3.05, 3.63) is 31.2 Å². The summed E-state index contributed by atoms with van der Waals surface area (Å²) in [7, 11) is 0. The highest BCUT2D eigenvalue weighted by Gasteiger charge is 1.64. The molecule has 0 atom stereocenters. The SMILES string of the molecule is [CH2]C(=C)/C=[C]/C. The molecular formula is C6H8. The third-order valence-corrected chi connectivity index (χ3v) is 0.348. The average molecular weight is 80.1 g/mol. The molecule has 32 valence electrons. The van der Waals surface area contributed by atoms with Gasteiger partial charge in [0.1, 0.15) is 0 Å². The summed E-state index contributed by atoms with van der Waals surface area (Å²) in [5.41, 5.74) is 0.803. The molecule has 0 aromatic heterocycles. The van der Waals surface area contributed by atoms with Gasteiger partial charge in [-0.15, -0.1) is 0 Å². The van der Waals surface area contributed by atoms with Crippen molar-refractivity contribution in [2.45, 2.75) is 6.92 Å². The maximum absolute atomic E-state index is 3.52. The summed E-state index contributed by atoms with van der Waals surface area (Å²) in [6, 6.07) is 0. The maximum atomic E-state index is 3.52. The molecule has 0 fully saturated rings. The summed E-state index contributed by atoms with van der Waals surface area (Å²) < 4.78 is 0. The molecule has 0 aromatic carbocycles. The Morgan fingerprint density at radius 1 is 1.83 bits per heavy atom. The average Bonchev–Trinajstić information content (AvgIpc) is 1.35. The van der Waals surface area contributed by atoms with E-state index in [2.05, 4.69) is 19.6 Å². The highest BCUT2D eigenvalue weighted by molar-refractivity contribution is 5.13. The minimum Gasteiger partial charge on any atom is -0.0958 e. The minimum absolute atomic E-state index is 0.803. The minimum atomic E-state index is 0.803. The summed E-state index contributed by atoms with van der Waals surface area (Å²) in [6.45, 7) is 8.85. The van der Waals surface area contributed by atoms with E-state index in [1.165, 1.54) is 0 Å². The molecule has 0 rings (SSSR count). The van der Waals surface area contributed by atoms with Crippen molar-refractivity contribution >= 4 is 0 Å². The molecule has 0 saturated heterocycles. The number of rotatable bonds is 1. The highest BCUT2D eigenvalue weighted by Crippen LogP contribution is 1.83. The first-order chi connectivity index (χ1) is 2.77. The summed E-state index contributed by atoms with van der Waals surface area (Å²) in [6.07, 6.45) is 4.52. The van der Waals surface area contributed by atoms with Crippen molar-refractivity contribution in [1.29, 1.82) is 0 Å². The van der Waals surface area contributed by atoms with E-state index in [4.69, 9.17) is 0 Å². The second kappa shape index (κ2) is 2.70. The van der Waals surface area contributed by atoms with Gasteiger partial charge < -0.3 is 0 Å². The van der Waals surface area contributed by atoms with Gasteiger partial charge in [0.05, 0.1) is 0 Å². The Morgan fingerprint density at radius 2 is 2.33 bits per heavy atom. The smallest absolute Gasteiger partial charge is 0.0244 e. The third kappa shape index (κ3) is 3.48. The molecule has 0 bridgehead atoms. The molecule has 0 aromatic rings. The molecule has 0 aliphatic heterocycles. The first-order valence-corrected chi connectivity index (χ1v) is 1.78. The van der Waals surface area contributed by atoms with Crippen molar-refractivity contribution in [3.63, 3.8) is 0 Å². The van der Waals surface area contributed by atoms with Crippen molar-refractivity contribution in [3.8, 4) is 0 Å². The van der Waals surface area contributed by atoms with E-state index in [9.17, 15) is 0 Å². The Balaban J connectivity index is 3.30. The maximum Gasteiger partial charge on any atom is -0.0244 e. The predicted molar refractivity (Wildman–Crippen MR) is 28.0 cm³/mol. The Morgan fingerprint density at radius 3 is 2.33 bits per heavy atom. The van der Waals surface area contributed by atoms with Crippen LogP contribution in [0.1, 0.15) is 6.92 Å². The highest BCUT2D eigenvalue weighted by atomic mass is 13.7. The summed E-state index contributed by atoms with van der Waals surface area (Å²) in [4.78, 5) is 0. The standard InChI is InChI=1S/C6H8/c1-4-5-6(2)3/h5H,2-3H2,1H3. The monoisotopic (exact) mass is 80.1 g/mol. The van der Waals surface area contributed by atoms with Gasteiger partial charge in [0, 0.05) is 0 Å². The molecule has 0 nitrogen and oxygen atoms in total. The normalized spacial score (nSPS) is 9.67. The van der Waals surface area contributed by atoms with Crippen molar-refractivity contribution < 1.29 is 0 Å². The van der Waals surface area contributed by atoms with Crippen LogP contribution >= 0.6 is 0 Å². The fourth-order valence-electron chi connectivity index (χ4n) is 0.204. The fourth-order valence-corrected chi connectivity index (χ4v) is 0.204. The second-order valence-corrected chi connectivity index (χ2v) is 1.09. The second-order valence-electron chi connectivity index (χ2n) is 1.09. The Hall–Kier alpha value is -0.520. The number of hydrogen-bond donors (Lipinski definition) is 0. The summed E-state index contributed by atoms with van der Waals surface area (Å²) in [5, 5.41) is 0. The van der Waals surface area contributed by atoms with Crippen LogP contribution in [0, 0.1) is 13.0 Å². The topological polar surface area (TPSA) is 0 Å². The lowest BCUT2D eigenvalue weighted by Gasteiger charge is -1.74. The largest absolute Gasteiger partial charge is 0.0958 e. The lowest BCUT2D eigenvalue weighted by molar-refractivity contribution is 1.60. The Bertz CT molecular complexity index is 68.1. The van der Waals surface area contributed by atoms with Crippen LogP contribution in [0.3, 0.4) is 0 Å². The van der Waals surface area contributed by atoms with E-state index in [0.29, 0.717) is 0 Å². The van der Waals surface area contributed by atoms with E-state index >= 15 is 0 Å². The first-order valence-electron chi connectivity index (χ1n) is 1.78. The zero-order valence-corrected chi connectivity index (χ0v) is 3.99. The molecule has 0 saturated carbocycles. The molecule has 0 amide bonds. The Kier molecular flexibility index (Phi) is 2.47. The van der Waals surface area contributed by atoms with Crippen LogP contribution in [0.4, 0.5) is 0 Å². The first kappa shape index (κ1) is 5.48. The zero-order chi connectivity index (χ0) is 4.99. The molecule has 0 unspecified atom stereocenters. The van der Waals surface area contributed by atoms with Crippen molar-refractivity contribution in [1.82, 2.24) is 0 Å². The van der Waals surface area contributed by atoms with Crippen molar-refractivity contribution in [2.75, 3.05) is 0 Å². The van der Waals surface area contributed by atoms with Crippen LogP contribution in [0.15, 0.2) is 18.2 Å². The molecule has 0 N–H and O–H groups in total. The molecule has 6 heavy (non-hydrogen) atoms. The summed E-state index contributed by atoms with van der Waals surface area (Å²) in [5.74, 6) is 0. The predicted octanol–water partition coefficient (Wildman–Crippen LogP) is 1.76. The van der Waals surface area contributed by atoms with Crippen LogP contribution in [0.5, 0.6) is 0 Å². The molecule has 0 spiro atoms. The molecule has 0 heterocycles. The quantitative estimate of drug-likeness (QED) is 0.421. The van der Waals surface area contributed by atoms with E-state index in [-0.39, 0.29) is 0 Å². The van der Waals surface area contributed by atoms with Gasteiger partial charge in [-0.1, -0.05) is 18.2 Å².